The molecule has 0 atom stereocenters. The van der Waals surface area contributed by atoms with Gasteiger partial charge in [-0.2, -0.15) is 0 Å². The van der Waals surface area contributed by atoms with E-state index in [0.29, 0.717) is 6.54 Å². The maximum atomic E-state index is 11.1. The number of urea groups is 1. The van der Waals surface area contributed by atoms with E-state index in [2.05, 4.69) is 10.6 Å². The van der Waals surface area contributed by atoms with Crippen LogP contribution in [-0.2, 0) is 0 Å². The average molecular weight is 238 g/mol. The van der Waals surface area contributed by atoms with Crippen molar-refractivity contribution in [1.82, 2.24) is 5.32 Å². The summed E-state index contributed by atoms with van der Waals surface area (Å²) in [4.78, 5) is 11.1. The molecule has 0 fully saturated rings. The summed E-state index contributed by atoms with van der Waals surface area (Å²) in [5.41, 5.74) is 0.816. The molecular formula is C14H26N2O. The zero-order valence-electron chi connectivity index (χ0n) is 11.7. The van der Waals surface area contributed by atoms with Gasteiger partial charge in [-0.3, -0.25) is 0 Å². The Bertz CT molecular complexity index is 260. The molecule has 3 heteroatoms. The molecule has 0 bridgehead atoms. The van der Waals surface area contributed by atoms with Crippen LogP contribution in [0.2, 0.25) is 0 Å². The Morgan fingerprint density at radius 3 is 2.06 bits per heavy atom. The standard InChI is InChI=1S/C10H14N2O.2C2H6/c1-2-8-11-10(13)12-9-6-4-3-5-7-9;2*1-2/h3-7H,2,8H2,1H3,(H2,11,12,13);2*1-2H3. The normalized spacial score (nSPS) is 7.82. The third-order valence-corrected chi connectivity index (χ3v) is 1.57. The molecule has 2 amide bonds. The molecule has 0 aliphatic rings. The first-order chi connectivity index (χ1) is 8.33. The van der Waals surface area contributed by atoms with E-state index in [0.717, 1.165) is 12.1 Å². The second kappa shape index (κ2) is 14.5. The van der Waals surface area contributed by atoms with Gasteiger partial charge in [0.2, 0.25) is 0 Å². The lowest BCUT2D eigenvalue weighted by molar-refractivity contribution is 0.252. The average Bonchev–Trinajstić information content (AvgIpc) is 2.42. The minimum absolute atomic E-state index is 0.145. The molecule has 0 saturated carbocycles. The predicted molar refractivity (Wildman–Crippen MR) is 76.5 cm³/mol. The van der Waals surface area contributed by atoms with Gasteiger partial charge in [0.15, 0.2) is 0 Å². The lowest BCUT2D eigenvalue weighted by atomic mass is 10.3. The van der Waals surface area contributed by atoms with Gasteiger partial charge in [0.25, 0.3) is 0 Å². The monoisotopic (exact) mass is 238 g/mol. The molecule has 1 rings (SSSR count). The number of para-hydroxylation sites is 1. The number of rotatable bonds is 3. The van der Waals surface area contributed by atoms with Gasteiger partial charge >= 0.3 is 6.03 Å². The molecule has 3 nitrogen and oxygen atoms in total. The van der Waals surface area contributed by atoms with Crippen molar-refractivity contribution in [2.45, 2.75) is 41.0 Å². The lowest BCUT2D eigenvalue weighted by Gasteiger charge is -2.05. The van der Waals surface area contributed by atoms with Gasteiger partial charge < -0.3 is 10.6 Å². The molecule has 17 heavy (non-hydrogen) atoms. The summed E-state index contributed by atoms with van der Waals surface area (Å²) in [6.07, 6.45) is 0.947. The number of carbonyl (C=O) groups is 1. The molecule has 0 aliphatic heterocycles. The van der Waals surface area contributed by atoms with Crippen molar-refractivity contribution in [3.63, 3.8) is 0 Å². The Kier molecular flexibility index (Phi) is 15.2. The first-order valence-electron chi connectivity index (χ1n) is 6.43. The maximum Gasteiger partial charge on any atom is 0.319 e. The minimum atomic E-state index is -0.145. The Hall–Kier alpha value is -1.51. The summed E-state index contributed by atoms with van der Waals surface area (Å²) in [6, 6.07) is 9.24. The van der Waals surface area contributed by atoms with Crippen LogP contribution < -0.4 is 10.6 Å². The largest absolute Gasteiger partial charge is 0.338 e. The molecule has 0 aromatic heterocycles. The smallest absolute Gasteiger partial charge is 0.319 e. The highest BCUT2D eigenvalue weighted by molar-refractivity contribution is 5.89. The van der Waals surface area contributed by atoms with Crippen LogP contribution in [0.3, 0.4) is 0 Å². The van der Waals surface area contributed by atoms with Crippen molar-refractivity contribution in [2.75, 3.05) is 11.9 Å². The molecule has 0 heterocycles. The molecule has 2 N–H and O–H groups in total. The molecule has 98 valence electrons. The van der Waals surface area contributed by atoms with Gasteiger partial charge in [0.1, 0.15) is 0 Å². The number of hydrogen-bond donors (Lipinski definition) is 2. The van der Waals surface area contributed by atoms with Crippen LogP contribution in [0, 0.1) is 0 Å². The molecule has 1 aromatic carbocycles. The summed E-state index contributed by atoms with van der Waals surface area (Å²) < 4.78 is 0. The summed E-state index contributed by atoms with van der Waals surface area (Å²) in [6.45, 7) is 10.7. The van der Waals surface area contributed by atoms with E-state index in [9.17, 15) is 4.79 Å². The van der Waals surface area contributed by atoms with Crippen LogP contribution >= 0.6 is 0 Å². The maximum absolute atomic E-state index is 11.1. The van der Waals surface area contributed by atoms with E-state index < -0.39 is 0 Å². The third-order valence-electron chi connectivity index (χ3n) is 1.57. The molecule has 0 radical (unpaired) electrons. The fourth-order valence-corrected chi connectivity index (χ4v) is 0.935. The van der Waals surface area contributed by atoms with Crippen molar-refractivity contribution in [3.05, 3.63) is 30.3 Å². The van der Waals surface area contributed by atoms with Crippen LogP contribution in [-0.4, -0.2) is 12.6 Å². The number of nitrogens with one attached hydrogen (secondary N) is 2. The van der Waals surface area contributed by atoms with Crippen molar-refractivity contribution in [1.29, 1.82) is 0 Å². The van der Waals surface area contributed by atoms with Crippen molar-refractivity contribution < 1.29 is 4.79 Å². The van der Waals surface area contributed by atoms with Gasteiger partial charge in [0, 0.05) is 12.2 Å². The van der Waals surface area contributed by atoms with Gasteiger partial charge in [-0.05, 0) is 18.6 Å². The van der Waals surface area contributed by atoms with Crippen LogP contribution in [0.1, 0.15) is 41.0 Å². The Morgan fingerprint density at radius 2 is 1.59 bits per heavy atom. The molecular weight excluding hydrogens is 212 g/mol. The minimum Gasteiger partial charge on any atom is -0.338 e. The second-order valence-corrected chi connectivity index (χ2v) is 2.75. The van der Waals surface area contributed by atoms with E-state index >= 15 is 0 Å². The molecule has 0 saturated heterocycles. The highest BCUT2D eigenvalue weighted by Crippen LogP contribution is 2.03. The number of carbonyl (C=O) groups excluding carboxylic acids is 1. The Morgan fingerprint density at radius 1 is 1.06 bits per heavy atom. The van der Waals surface area contributed by atoms with E-state index in [4.69, 9.17) is 0 Å². The quantitative estimate of drug-likeness (QED) is 0.811. The summed E-state index contributed by atoms with van der Waals surface area (Å²) >= 11 is 0. The van der Waals surface area contributed by atoms with Crippen molar-refractivity contribution in [3.8, 4) is 0 Å². The number of amides is 2. The molecule has 0 unspecified atom stereocenters. The summed E-state index contributed by atoms with van der Waals surface area (Å²) in [5, 5.41) is 5.46. The topological polar surface area (TPSA) is 41.1 Å². The zero-order valence-corrected chi connectivity index (χ0v) is 11.7. The van der Waals surface area contributed by atoms with Gasteiger partial charge in [-0.25, -0.2) is 4.79 Å². The SMILES string of the molecule is CC.CC.CCCNC(=O)Nc1ccccc1. The van der Waals surface area contributed by atoms with Crippen LogP contribution in [0.5, 0.6) is 0 Å². The fraction of sp³-hybridized carbons (Fsp3) is 0.500. The van der Waals surface area contributed by atoms with Gasteiger partial charge in [-0.1, -0.05) is 52.8 Å². The number of benzene rings is 1. The van der Waals surface area contributed by atoms with Gasteiger partial charge in [-0.15, -0.1) is 0 Å². The molecule has 0 aliphatic carbocycles. The summed E-state index contributed by atoms with van der Waals surface area (Å²) in [5.74, 6) is 0. The van der Waals surface area contributed by atoms with Crippen LogP contribution in [0.4, 0.5) is 10.5 Å². The van der Waals surface area contributed by atoms with E-state index in [1.165, 1.54) is 0 Å². The summed E-state index contributed by atoms with van der Waals surface area (Å²) in [7, 11) is 0. The highest BCUT2D eigenvalue weighted by atomic mass is 16.2. The van der Waals surface area contributed by atoms with Crippen LogP contribution in [0.25, 0.3) is 0 Å². The Labute approximate surface area is 106 Å². The first-order valence-corrected chi connectivity index (χ1v) is 6.43. The predicted octanol–water partition coefficient (Wildman–Crippen LogP) is 4.27. The molecule has 1 aromatic rings. The zero-order chi connectivity index (χ0) is 13.5. The lowest BCUT2D eigenvalue weighted by Crippen LogP contribution is -2.29. The van der Waals surface area contributed by atoms with Crippen molar-refractivity contribution in [2.24, 2.45) is 0 Å². The number of anilines is 1. The Balaban J connectivity index is 0. The third kappa shape index (κ3) is 10.8. The number of hydrogen-bond acceptors (Lipinski definition) is 1. The first kappa shape index (κ1) is 17.9. The van der Waals surface area contributed by atoms with E-state index in [1.54, 1.807) is 0 Å². The van der Waals surface area contributed by atoms with Crippen molar-refractivity contribution >= 4 is 11.7 Å². The van der Waals surface area contributed by atoms with Crippen LogP contribution in [0.15, 0.2) is 30.3 Å². The highest BCUT2D eigenvalue weighted by Gasteiger charge is 1.97. The van der Waals surface area contributed by atoms with Gasteiger partial charge in [0.05, 0.1) is 0 Å². The fourth-order valence-electron chi connectivity index (χ4n) is 0.935. The van der Waals surface area contributed by atoms with E-state index in [1.807, 2.05) is 65.0 Å². The van der Waals surface area contributed by atoms with E-state index in [-0.39, 0.29) is 6.03 Å². The molecule has 0 spiro atoms. The second-order valence-electron chi connectivity index (χ2n) is 2.75.